The van der Waals surface area contributed by atoms with E-state index >= 15 is 0 Å². The van der Waals surface area contributed by atoms with Crippen LogP contribution in [0.15, 0.2) is 24.3 Å². The van der Waals surface area contributed by atoms with Crippen molar-refractivity contribution in [1.29, 1.82) is 0 Å². The molecule has 0 aliphatic rings. The molecule has 0 heterocycles. The predicted molar refractivity (Wildman–Crippen MR) is 62.9 cm³/mol. The number of hydrogen-bond acceptors (Lipinski definition) is 2. The van der Waals surface area contributed by atoms with Crippen molar-refractivity contribution >= 4 is 0 Å². The summed E-state index contributed by atoms with van der Waals surface area (Å²) in [5.74, 6) is 2.65. The molecular weight excluding hydrogens is 224 g/mol. The highest BCUT2D eigenvalue weighted by Gasteiger charge is 2.15. The van der Waals surface area contributed by atoms with Gasteiger partial charge in [-0.05, 0) is 19.0 Å². The second kappa shape index (κ2) is 6.87. The summed E-state index contributed by atoms with van der Waals surface area (Å²) in [6.07, 6.45) is 6.30. The van der Waals surface area contributed by atoms with E-state index < -0.39 is 12.7 Å². The Morgan fingerprint density at radius 1 is 1.41 bits per heavy atom. The monoisotopic (exact) mass is 239 g/mol. The van der Waals surface area contributed by atoms with Gasteiger partial charge in [-0.25, -0.2) is 0 Å². The molecule has 0 fully saturated rings. The van der Waals surface area contributed by atoms with E-state index in [9.17, 15) is 8.78 Å². The first-order valence-corrected chi connectivity index (χ1v) is 5.42. The van der Waals surface area contributed by atoms with E-state index in [0.717, 1.165) is 13.0 Å². The zero-order valence-electron chi connectivity index (χ0n) is 9.62. The van der Waals surface area contributed by atoms with Gasteiger partial charge < -0.3 is 4.74 Å². The largest absolute Gasteiger partial charge is 0.434 e. The number of terminal acetylenes is 1. The van der Waals surface area contributed by atoms with Crippen LogP contribution in [-0.4, -0.2) is 13.2 Å². The normalized spacial score (nSPS) is 12.2. The minimum absolute atomic E-state index is 0.119. The zero-order valence-corrected chi connectivity index (χ0v) is 9.62. The van der Waals surface area contributed by atoms with Crippen LogP contribution < -0.4 is 10.1 Å². The van der Waals surface area contributed by atoms with E-state index in [4.69, 9.17) is 6.42 Å². The lowest BCUT2D eigenvalue weighted by atomic mass is 10.1. The molecule has 1 rings (SSSR count). The number of para-hydroxylation sites is 1. The summed E-state index contributed by atoms with van der Waals surface area (Å²) in [6, 6.07) is 6.13. The van der Waals surface area contributed by atoms with Crippen LogP contribution in [0, 0.1) is 12.3 Å². The molecule has 0 amide bonds. The lowest BCUT2D eigenvalue weighted by Crippen LogP contribution is -2.21. The van der Waals surface area contributed by atoms with E-state index in [0.29, 0.717) is 5.56 Å². The van der Waals surface area contributed by atoms with Gasteiger partial charge in [0.15, 0.2) is 0 Å². The fourth-order valence-corrected chi connectivity index (χ4v) is 1.47. The molecular formula is C13H15F2NO. The van der Waals surface area contributed by atoms with Crippen LogP contribution >= 0.6 is 0 Å². The SMILES string of the molecule is C#CC(NCCC)c1ccccc1OC(F)F. The molecule has 0 saturated heterocycles. The molecule has 0 spiro atoms. The Morgan fingerprint density at radius 3 is 2.71 bits per heavy atom. The van der Waals surface area contributed by atoms with Gasteiger partial charge in [-0.15, -0.1) is 6.42 Å². The summed E-state index contributed by atoms with van der Waals surface area (Å²) >= 11 is 0. The van der Waals surface area contributed by atoms with Crippen molar-refractivity contribution in [3.63, 3.8) is 0 Å². The molecule has 4 heteroatoms. The van der Waals surface area contributed by atoms with Crippen molar-refractivity contribution in [2.75, 3.05) is 6.54 Å². The molecule has 92 valence electrons. The second-order valence-corrected chi connectivity index (χ2v) is 3.47. The third kappa shape index (κ3) is 4.04. The maximum Gasteiger partial charge on any atom is 0.387 e. The van der Waals surface area contributed by atoms with Crippen LogP contribution in [0.1, 0.15) is 24.9 Å². The van der Waals surface area contributed by atoms with Crippen LogP contribution in [0.2, 0.25) is 0 Å². The Hall–Kier alpha value is -1.60. The fraction of sp³-hybridized carbons (Fsp3) is 0.385. The van der Waals surface area contributed by atoms with Crippen LogP contribution in [0.4, 0.5) is 8.78 Å². The maximum absolute atomic E-state index is 12.2. The van der Waals surface area contributed by atoms with Gasteiger partial charge in [-0.2, -0.15) is 8.78 Å². The van der Waals surface area contributed by atoms with Gasteiger partial charge in [0.05, 0.1) is 6.04 Å². The van der Waals surface area contributed by atoms with Gasteiger partial charge in [-0.3, -0.25) is 5.32 Å². The van der Waals surface area contributed by atoms with E-state index in [1.54, 1.807) is 18.2 Å². The first-order chi connectivity index (χ1) is 8.19. The molecule has 1 aromatic carbocycles. The summed E-state index contributed by atoms with van der Waals surface area (Å²) in [7, 11) is 0. The van der Waals surface area contributed by atoms with Crippen LogP contribution in [0.3, 0.4) is 0 Å². The molecule has 1 N–H and O–H groups in total. The van der Waals surface area contributed by atoms with Crippen LogP contribution in [0.5, 0.6) is 5.75 Å². The first kappa shape index (κ1) is 13.5. The molecule has 0 aliphatic carbocycles. The Labute approximate surface area is 100.0 Å². The third-order valence-corrected chi connectivity index (χ3v) is 2.21. The second-order valence-electron chi connectivity index (χ2n) is 3.47. The smallest absolute Gasteiger partial charge is 0.387 e. The number of benzene rings is 1. The Morgan fingerprint density at radius 2 is 2.12 bits per heavy atom. The minimum Gasteiger partial charge on any atom is -0.434 e. The molecule has 0 saturated carbocycles. The Bertz CT molecular complexity index is 387. The van der Waals surface area contributed by atoms with E-state index in [1.165, 1.54) is 6.07 Å². The number of nitrogens with one attached hydrogen (secondary N) is 1. The van der Waals surface area contributed by atoms with E-state index in [-0.39, 0.29) is 5.75 Å². The van der Waals surface area contributed by atoms with Crippen molar-refractivity contribution in [1.82, 2.24) is 5.32 Å². The van der Waals surface area contributed by atoms with Crippen LogP contribution in [-0.2, 0) is 0 Å². The van der Waals surface area contributed by atoms with Gasteiger partial charge in [0.25, 0.3) is 0 Å². The molecule has 17 heavy (non-hydrogen) atoms. The number of alkyl halides is 2. The highest BCUT2D eigenvalue weighted by Crippen LogP contribution is 2.26. The standard InChI is InChI=1S/C13H15F2NO/c1-3-9-16-11(4-2)10-7-5-6-8-12(10)17-13(14)15/h2,5-8,11,13,16H,3,9H2,1H3. The lowest BCUT2D eigenvalue weighted by molar-refractivity contribution is -0.0505. The minimum atomic E-state index is -2.85. The van der Waals surface area contributed by atoms with Gasteiger partial charge in [-0.1, -0.05) is 31.0 Å². The zero-order chi connectivity index (χ0) is 12.7. The molecule has 1 atom stereocenters. The molecule has 1 unspecified atom stereocenters. The summed E-state index contributed by atoms with van der Waals surface area (Å²) in [5.41, 5.74) is 0.559. The van der Waals surface area contributed by atoms with Crippen molar-refractivity contribution in [3.05, 3.63) is 29.8 Å². The summed E-state index contributed by atoms with van der Waals surface area (Å²) in [6.45, 7) is -0.124. The quantitative estimate of drug-likeness (QED) is 0.771. The average Bonchev–Trinajstić information content (AvgIpc) is 2.31. The van der Waals surface area contributed by atoms with Crippen molar-refractivity contribution in [2.24, 2.45) is 0 Å². The molecule has 0 aliphatic heterocycles. The molecule has 0 radical (unpaired) electrons. The van der Waals surface area contributed by atoms with Crippen LogP contribution in [0.25, 0.3) is 0 Å². The summed E-state index contributed by atoms with van der Waals surface area (Å²) < 4.78 is 28.9. The number of ether oxygens (including phenoxy) is 1. The van der Waals surface area contributed by atoms with Crippen molar-refractivity contribution in [2.45, 2.75) is 26.0 Å². The summed E-state index contributed by atoms with van der Waals surface area (Å²) in [5, 5.41) is 3.09. The van der Waals surface area contributed by atoms with Gasteiger partial charge in [0.1, 0.15) is 5.75 Å². The highest BCUT2D eigenvalue weighted by atomic mass is 19.3. The topological polar surface area (TPSA) is 21.3 Å². The van der Waals surface area contributed by atoms with Crippen molar-refractivity contribution in [3.8, 4) is 18.1 Å². The maximum atomic E-state index is 12.2. The van der Waals surface area contributed by atoms with Gasteiger partial charge in [0, 0.05) is 5.56 Å². The summed E-state index contributed by atoms with van der Waals surface area (Å²) in [4.78, 5) is 0. The third-order valence-electron chi connectivity index (χ3n) is 2.21. The number of rotatable bonds is 6. The van der Waals surface area contributed by atoms with Crippen molar-refractivity contribution < 1.29 is 13.5 Å². The van der Waals surface area contributed by atoms with Gasteiger partial charge in [0.2, 0.25) is 0 Å². The van der Waals surface area contributed by atoms with E-state index in [1.807, 2.05) is 6.92 Å². The molecule has 2 nitrogen and oxygen atoms in total. The number of hydrogen-bond donors (Lipinski definition) is 1. The predicted octanol–water partition coefficient (Wildman–Crippen LogP) is 2.96. The number of halogens is 2. The molecule has 1 aromatic rings. The molecule has 0 aromatic heterocycles. The Balaban J connectivity index is 2.90. The Kier molecular flexibility index (Phi) is 5.44. The van der Waals surface area contributed by atoms with E-state index in [2.05, 4.69) is 16.0 Å². The first-order valence-electron chi connectivity index (χ1n) is 5.42. The average molecular weight is 239 g/mol. The molecule has 0 bridgehead atoms. The highest BCUT2D eigenvalue weighted by molar-refractivity contribution is 5.39. The van der Waals surface area contributed by atoms with Gasteiger partial charge >= 0.3 is 6.61 Å². The lowest BCUT2D eigenvalue weighted by Gasteiger charge is -2.16. The fourth-order valence-electron chi connectivity index (χ4n) is 1.47.